The predicted octanol–water partition coefficient (Wildman–Crippen LogP) is 5.09. The van der Waals surface area contributed by atoms with Gasteiger partial charge in [-0.15, -0.1) is 0 Å². The second-order valence-electron chi connectivity index (χ2n) is 7.38. The molecule has 0 saturated carbocycles. The summed E-state index contributed by atoms with van der Waals surface area (Å²) in [5.74, 6) is 0.232. The summed E-state index contributed by atoms with van der Waals surface area (Å²) in [6.45, 7) is 6.49. The van der Waals surface area contributed by atoms with Crippen molar-refractivity contribution in [1.29, 1.82) is 0 Å². The largest absolute Gasteiger partial charge is 0.334 e. The Kier molecular flexibility index (Phi) is 5.35. The second-order valence-corrected chi connectivity index (χ2v) is 7.38. The molecule has 3 aromatic rings. The molecule has 0 bridgehead atoms. The second kappa shape index (κ2) is 8.10. The number of hydrogen-bond acceptors (Lipinski definition) is 4. The van der Waals surface area contributed by atoms with Crippen molar-refractivity contribution >= 4 is 11.6 Å². The quantitative estimate of drug-likeness (QED) is 0.641. The van der Waals surface area contributed by atoms with Gasteiger partial charge in [-0.05, 0) is 38.0 Å². The lowest BCUT2D eigenvalue weighted by atomic mass is 9.94. The number of urea groups is 1. The number of nitrogens with zero attached hydrogens (tertiary/aromatic N) is 3. The number of benzene rings is 2. The molecule has 0 fully saturated rings. The van der Waals surface area contributed by atoms with Crippen molar-refractivity contribution in [1.82, 2.24) is 20.4 Å². The van der Waals surface area contributed by atoms with Gasteiger partial charge in [0.25, 0.3) is 5.89 Å². The third kappa shape index (κ3) is 3.70. The third-order valence-electron chi connectivity index (χ3n) is 5.19. The maximum atomic E-state index is 13.6. The zero-order chi connectivity index (χ0) is 21.3. The minimum absolute atomic E-state index is 0.159. The first-order valence-electron chi connectivity index (χ1n) is 9.93. The van der Waals surface area contributed by atoms with Crippen LogP contribution in [0.2, 0.25) is 0 Å². The molecule has 6 nitrogen and oxygen atoms in total. The van der Waals surface area contributed by atoms with E-state index in [1.807, 2.05) is 45.0 Å². The number of rotatable bonds is 5. The van der Waals surface area contributed by atoms with Gasteiger partial charge in [-0.1, -0.05) is 54.0 Å². The Morgan fingerprint density at radius 2 is 1.93 bits per heavy atom. The molecule has 1 unspecified atom stereocenters. The number of carbonyl (C=O) groups excluding carboxylic acids is 1. The van der Waals surface area contributed by atoms with Gasteiger partial charge in [0.2, 0.25) is 5.82 Å². The van der Waals surface area contributed by atoms with Crippen molar-refractivity contribution in [3.05, 3.63) is 77.1 Å². The summed E-state index contributed by atoms with van der Waals surface area (Å²) < 4.78 is 19.2. The molecule has 7 heteroatoms. The van der Waals surface area contributed by atoms with Crippen LogP contribution < -0.4 is 5.32 Å². The molecule has 0 radical (unpaired) electrons. The summed E-state index contributed by atoms with van der Waals surface area (Å²) in [7, 11) is 0. The van der Waals surface area contributed by atoms with Crippen LogP contribution in [0.1, 0.15) is 43.3 Å². The number of hydrogen-bond donors (Lipinski definition) is 1. The highest BCUT2D eigenvalue weighted by Crippen LogP contribution is 2.37. The van der Waals surface area contributed by atoms with Crippen LogP contribution in [-0.2, 0) is 0 Å². The number of halogens is 1. The van der Waals surface area contributed by atoms with Crippen LogP contribution in [0.4, 0.5) is 9.18 Å². The van der Waals surface area contributed by atoms with Crippen LogP contribution in [0.25, 0.3) is 17.0 Å². The van der Waals surface area contributed by atoms with E-state index in [0.29, 0.717) is 23.8 Å². The first-order valence-corrected chi connectivity index (χ1v) is 9.93. The van der Waals surface area contributed by atoms with Gasteiger partial charge in [-0.3, -0.25) is 4.90 Å². The molecule has 0 saturated heterocycles. The third-order valence-corrected chi connectivity index (χ3v) is 5.19. The van der Waals surface area contributed by atoms with Gasteiger partial charge in [-0.25, -0.2) is 9.18 Å². The van der Waals surface area contributed by atoms with Crippen molar-refractivity contribution in [2.45, 2.75) is 33.2 Å². The molecule has 1 N–H and O–H groups in total. The SMILES string of the molecule is CCCN1C(=O)NC(c2ccc(C)cc2)C(c2nc(-c3cccc(F)c3)no2)=C1C. The monoisotopic (exact) mass is 406 g/mol. The van der Waals surface area contributed by atoms with Gasteiger partial charge in [-0.2, -0.15) is 4.98 Å². The predicted molar refractivity (Wildman–Crippen MR) is 112 cm³/mol. The van der Waals surface area contributed by atoms with Crippen molar-refractivity contribution in [3.8, 4) is 11.4 Å². The molecule has 2 amide bonds. The van der Waals surface area contributed by atoms with Gasteiger partial charge < -0.3 is 9.84 Å². The van der Waals surface area contributed by atoms with Gasteiger partial charge in [0.1, 0.15) is 5.82 Å². The summed E-state index contributed by atoms with van der Waals surface area (Å²) in [5, 5.41) is 7.12. The van der Waals surface area contributed by atoms with Gasteiger partial charge in [0.05, 0.1) is 11.6 Å². The molecule has 1 aliphatic heterocycles. The lowest BCUT2D eigenvalue weighted by Gasteiger charge is -2.35. The van der Waals surface area contributed by atoms with E-state index in [-0.39, 0.29) is 11.8 Å². The lowest BCUT2D eigenvalue weighted by molar-refractivity contribution is 0.205. The molecule has 4 rings (SSSR count). The number of aromatic nitrogens is 2. The van der Waals surface area contributed by atoms with E-state index >= 15 is 0 Å². The average molecular weight is 406 g/mol. The van der Waals surface area contributed by atoms with Crippen molar-refractivity contribution < 1.29 is 13.7 Å². The highest BCUT2D eigenvalue weighted by molar-refractivity contribution is 5.86. The summed E-state index contributed by atoms with van der Waals surface area (Å²) in [6, 6.07) is 13.4. The molecule has 1 atom stereocenters. The van der Waals surface area contributed by atoms with E-state index in [1.165, 1.54) is 12.1 Å². The Labute approximate surface area is 174 Å². The van der Waals surface area contributed by atoms with E-state index < -0.39 is 6.04 Å². The number of aryl methyl sites for hydroxylation is 1. The van der Waals surface area contributed by atoms with E-state index in [2.05, 4.69) is 15.5 Å². The van der Waals surface area contributed by atoms with Crippen molar-refractivity contribution in [2.75, 3.05) is 6.54 Å². The summed E-state index contributed by atoms with van der Waals surface area (Å²) in [4.78, 5) is 19.0. The fraction of sp³-hybridized carbons (Fsp3) is 0.261. The fourth-order valence-corrected chi connectivity index (χ4v) is 3.64. The van der Waals surface area contributed by atoms with Crippen LogP contribution in [0.3, 0.4) is 0 Å². The van der Waals surface area contributed by atoms with Gasteiger partial charge >= 0.3 is 6.03 Å². The van der Waals surface area contributed by atoms with Crippen LogP contribution in [-0.4, -0.2) is 27.6 Å². The Balaban J connectivity index is 1.81. The number of nitrogens with one attached hydrogen (secondary N) is 1. The molecular weight excluding hydrogens is 383 g/mol. The zero-order valence-electron chi connectivity index (χ0n) is 17.1. The normalized spacial score (nSPS) is 16.7. The molecule has 2 aromatic carbocycles. The first kappa shape index (κ1) is 19.8. The summed E-state index contributed by atoms with van der Waals surface area (Å²) in [5.41, 5.74) is 4.08. The van der Waals surface area contributed by atoms with Gasteiger partial charge in [0, 0.05) is 17.8 Å². The number of carbonyl (C=O) groups is 1. The molecule has 1 aromatic heterocycles. The molecule has 30 heavy (non-hydrogen) atoms. The standard InChI is InChI=1S/C23H23FN4O2/c1-4-12-28-15(3)19(20(25-23(28)29)16-10-8-14(2)9-11-16)22-26-21(27-30-22)17-6-5-7-18(24)13-17/h5-11,13,20H,4,12H2,1-3H3,(H,25,29). The highest BCUT2D eigenvalue weighted by atomic mass is 19.1. The van der Waals surface area contributed by atoms with Crippen molar-refractivity contribution in [3.63, 3.8) is 0 Å². The van der Waals surface area contributed by atoms with E-state index in [9.17, 15) is 9.18 Å². The Hall–Kier alpha value is -3.48. The summed E-state index contributed by atoms with van der Waals surface area (Å²) >= 11 is 0. The Morgan fingerprint density at radius 3 is 2.63 bits per heavy atom. The minimum Gasteiger partial charge on any atom is -0.334 e. The topological polar surface area (TPSA) is 71.3 Å². The molecule has 0 spiro atoms. The maximum Gasteiger partial charge on any atom is 0.322 e. The van der Waals surface area contributed by atoms with Crippen molar-refractivity contribution in [2.24, 2.45) is 0 Å². The Bertz CT molecular complexity index is 1100. The number of amides is 2. The smallest absolute Gasteiger partial charge is 0.322 e. The lowest BCUT2D eigenvalue weighted by Crippen LogP contribution is -2.46. The molecule has 2 heterocycles. The molecule has 154 valence electrons. The molecular formula is C23H23FN4O2. The van der Waals surface area contributed by atoms with Crippen LogP contribution in [0.5, 0.6) is 0 Å². The van der Waals surface area contributed by atoms with Crippen LogP contribution >= 0.6 is 0 Å². The van der Waals surface area contributed by atoms with Crippen LogP contribution in [0, 0.1) is 12.7 Å². The zero-order valence-corrected chi connectivity index (χ0v) is 17.1. The van der Waals surface area contributed by atoms with E-state index in [1.54, 1.807) is 17.0 Å². The highest BCUT2D eigenvalue weighted by Gasteiger charge is 2.35. The fourth-order valence-electron chi connectivity index (χ4n) is 3.64. The molecule has 1 aliphatic rings. The van der Waals surface area contributed by atoms with E-state index in [0.717, 1.165) is 28.8 Å². The van der Waals surface area contributed by atoms with Gasteiger partial charge in [0.15, 0.2) is 0 Å². The number of allylic oxidation sites excluding steroid dienone is 1. The summed E-state index contributed by atoms with van der Waals surface area (Å²) in [6.07, 6.45) is 0.811. The molecule has 0 aliphatic carbocycles. The first-order chi connectivity index (χ1) is 14.5. The van der Waals surface area contributed by atoms with Crippen LogP contribution in [0.15, 0.2) is 58.8 Å². The van der Waals surface area contributed by atoms with E-state index in [4.69, 9.17) is 4.52 Å². The average Bonchev–Trinajstić information content (AvgIpc) is 3.21. The minimum atomic E-state index is -0.424. The Morgan fingerprint density at radius 1 is 1.17 bits per heavy atom. The maximum absolute atomic E-state index is 13.6.